The fraction of sp³-hybridized carbons (Fsp3) is 0.348. The Morgan fingerprint density at radius 2 is 1.62 bits per heavy atom. The lowest BCUT2D eigenvalue weighted by Gasteiger charge is -2.21. The number of rotatable bonds is 7. The molecule has 2 aromatic carbocycles. The van der Waals surface area contributed by atoms with Crippen molar-refractivity contribution in [3.05, 3.63) is 58.7 Å². The van der Waals surface area contributed by atoms with Gasteiger partial charge in [0.05, 0.1) is 7.05 Å². The summed E-state index contributed by atoms with van der Waals surface area (Å²) in [5.74, 6) is -0.412. The molecule has 0 aliphatic heterocycles. The highest BCUT2D eigenvalue weighted by Gasteiger charge is 2.24. The van der Waals surface area contributed by atoms with Gasteiger partial charge in [-0.15, -0.1) is 0 Å². The average molecular weight is 397 g/mol. The van der Waals surface area contributed by atoms with Crippen LogP contribution in [0.5, 0.6) is 0 Å². The Kier molecular flexibility index (Phi) is 7.29. The maximum absolute atomic E-state index is 12.6. The third kappa shape index (κ3) is 5.99. The SMILES string of the molecule is CC(=O)c1cccc(NC(=O)[C@@H](C)[NH+](C)CC(=O)Nc2c(C)cc(C)cc2C)c1. The number of nitrogens with one attached hydrogen (secondary N) is 3. The monoisotopic (exact) mass is 396 g/mol. The van der Waals surface area contributed by atoms with E-state index in [0.29, 0.717) is 11.3 Å². The number of likely N-dealkylation sites (N-methyl/N-ethyl adjacent to an activating group) is 1. The lowest BCUT2D eigenvalue weighted by atomic mass is 10.1. The number of aryl methyl sites for hydroxylation is 3. The van der Waals surface area contributed by atoms with Gasteiger partial charge in [0.15, 0.2) is 18.4 Å². The van der Waals surface area contributed by atoms with Crippen LogP contribution in [0.2, 0.25) is 0 Å². The second-order valence-corrected chi connectivity index (χ2v) is 7.69. The summed E-state index contributed by atoms with van der Waals surface area (Å²) in [5, 5.41) is 5.79. The third-order valence-electron chi connectivity index (χ3n) is 5.05. The topological polar surface area (TPSA) is 79.7 Å². The predicted octanol–water partition coefficient (Wildman–Crippen LogP) is 2.29. The molecule has 2 atom stereocenters. The van der Waals surface area contributed by atoms with Crippen LogP contribution in [0.1, 0.15) is 40.9 Å². The van der Waals surface area contributed by atoms with Gasteiger partial charge in [-0.2, -0.15) is 0 Å². The standard InChI is InChI=1S/C23H29N3O3/c1-14-10-15(2)22(16(3)11-14)25-21(28)13-26(6)17(4)23(29)24-20-9-7-8-19(12-20)18(5)27/h7-12,17H,13H2,1-6H3,(H,24,29)(H,25,28)/p+1/t17-/m1/s1. The molecule has 6 nitrogen and oxygen atoms in total. The second kappa shape index (κ2) is 9.47. The lowest BCUT2D eigenvalue weighted by Crippen LogP contribution is -3.14. The molecule has 0 spiro atoms. The van der Waals surface area contributed by atoms with E-state index in [9.17, 15) is 14.4 Å². The smallest absolute Gasteiger partial charge is 0.282 e. The van der Waals surface area contributed by atoms with Crippen molar-refractivity contribution in [2.24, 2.45) is 0 Å². The number of carbonyl (C=O) groups is 3. The fourth-order valence-electron chi connectivity index (χ4n) is 3.26. The minimum absolute atomic E-state index is 0.0599. The summed E-state index contributed by atoms with van der Waals surface area (Å²) >= 11 is 0. The van der Waals surface area contributed by atoms with E-state index in [-0.39, 0.29) is 24.1 Å². The van der Waals surface area contributed by atoms with Gasteiger partial charge >= 0.3 is 0 Å². The number of Topliss-reactive ketones (excluding diaryl/α,β-unsaturated/α-hetero) is 1. The first-order valence-corrected chi connectivity index (χ1v) is 9.70. The predicted molar refractivity (Wildman–Crippen MR) is 116 cm³/mol. The summed E-state index contributed by atoms with van der Waals surface area (Å²) < 4.78 is 0. The van der Waals surface area contributed by atoms with Gasteiger partial charge in [-0.1, -0.05) is 29.8 Å². The van der Waals surface area contributed by atoms with Gasteiger partial charge in [-0.3, -0.25) is 14.4 Å². The summed E-state index contributed by atoms with van der Waals surface area (Å²) in [6.45, 7) is 9.38. The molecular formula is C23H30N3O3+. The van der Waals surface area contributed by atoms with Crippen LogP contribution in [-0.2, 0) is 9.59 Å². The van der Waals surface area contributed by atoms with Crippen molar-refractivity contribution in [3.8, 4) is 0 Å². The number of quaternary nitrogens is 1. The van der Waals surface area contributed by atoms with Crippen LogP contribution in [0.15, 0.2) is 36.4 Å². The summed E-state index contributed by atoms with van der Waals surface area (Å²) in [5.41, 5.74) is 5.12. The molecule has 154 valence electrons. The second-order valence-electron chi connectivity index (χ2n) is 7.69. The zero-order valence-corrected chi connectivity index (χ0v) is 18.0. The molecule has 0 radical (unpaired) electrons. The number of ketones is 1. The maximum Gasteiger partial charge on any atom is 0.282 e. The van der Waals surface area contributed by atoms with Crippen molar-refractivity contribution in [1.82, 2.24) is 0 Å². The molecule has 0 bridgehead atoms. The molecule has 2 aromatic rings. The molecule has 0 saturated heterocycles. The third-order valence-corrected chi connectivity index (χ3v) is 5.05. The molecule has 29 heavy (non-hydrogen) atoms. The van der Waals surface area contributed by atoms with E-state index >= 15 is 0 Å². The Balaban J connectivity index is 1.98. The van der Waals surface area contributed by atoms with Crippen LogP contribution in [0.3, 0.4) is 0 Å². The minimum atomic E-state index is -0.443. The largest absolute Gasteiger partial charge is 0.321 e. The van der Waals surface area contributed by atoms with Gasteiger partial charge in [-0.25, -0.2) is 0 Å². The minimum Gasteiger partial charge on any atom is -0.321 e. The summed E-state index contributed by atoms with van der Waals surface area (Å²) in [6, 6.07) is 10.4. The highest BCUT2D eigenvalue weighted by molar-refractivity contribution is 5.98. The Morgan fingerprint density at radius 1 is 1.00 bits per heavy atom. The van der Waals surface area contributed by atoms with Gasteiger partial charge in [0.1, 0.15) is 0 Å². The first-order chi connectivity index (χ1) is 13.6. The van der Waals surface area contributed by atoms with Crippen molar-refractivity contribution in [2.75, 3.05) is 24.2 Å². The van der Waals surface area contributed by atoms with Gasteiger partial charge in [0.25, 0.3) is 11.8 Å². The van der Waals surface area contributed by atoms with E-state index in [1.807, 2.05) is 40.0 Å². The van der Waals surface area contributed by atoms with E-state index < -0.39 is 6.04 Å². The number of anilines is 2. The summed E-state index contributed by atoms with van der Waals surface area (Å²) in [7, 11) is 1.81. The first-order valence-electron chi connectivity index (χ1n) is 9.70. The molecule has 0 aromatic heterocycles. The lowest BCUT2D eigenvalue weighted by molar-refractivity contribution is -0.885. The molecule has 0 heterocycles. The summed E-state index contributed by atoms with van der Waals surface area (Å²) in [4.78, 5) is 37.4. The Morgan fingerprint density at radius 3 is 2.21 bits per heavy atom. The van der Waals surface area contributed by atoms with Gasteiger partial charge in [0.2, 0.25) is 0 Å². The fourth-order valence-corrected chi connectivity index (χ4v) is 3.26. The number of carbonyl (C=O) groups excluding carboxylic acids is 3. The zero-order valence-electron chi connectivity index (χ0n) is 18.0. The van der Waals surface area contributed by atoms with Crippen LogP contribution in [0, 0.1) is 20.8 Å². The average Bonchev–Trinajstić information content (AvgIpc) is 2.64. The molecule has 2 amide bonds. The zero-order chi connectivity index (χ0) is 21.7. The van der Waals surface area contributed by atoms with Crippen LogP contribution in [-0.4, -0.2) is 37.2 Å². The van der Waals surface area contributed by atoms with Crippen molar-refractivity contribution in [3.63, 3.8) is 0 Å². The van der Waals surface area contributed by atoms with Gasteiger partial charge < -0.3 is 15.5 Å². The molecule has 0 aliphatic rings. The maximum atomic E-state index is 12.6. The van der Waals surface area contributed by atoms with Crippen molar-refractivity contribution < 1.29 is 19.3 Å². The Labute approximate surface area is 172 Å². The van der Waals surface area contributed by atoms with E-state index in [1.54, 1.807) is 31.2 Å². The van der Waals surface area contributed by atoms with E-state index in [0.717, 1.165) is 27.3 Å². The molecule has 0 aliphatic carbocycles. The summed E-state index contributed by atoms with van der Waals surface area (Å²) in [6.07, 6.45) is 0. The van der Waals surface area contributed by atoms with Crippen molar-refractivity contribution >= 4 is 29.0 Å². The molecule has 0 saturated carbocycles. The number of benzene rings is 2. The Hall–Kier alpha value is -2.99. The van der Waals surface area contributed by atoms with E-state index in [1.165, 1.54) is 6.92 Å². The molecule has 1 unspecified atom stereocenters. The van der Waals surface area contributed by atoms with E-state index in [4.69, 9.17) is 0 Å². The van der Waals surface area contributed by atoms with Crippen LogP contribution >= 0.6 is 0 Å². The molecule has 3 N–H and O–H groups in total. The Bertz CT molecular complexity index is 914. The van der Waals surface area contributed by atoms with Crippen LogP contribution in [0.4, 0.5) is 11.4 Å². The van der Waals surface area contributed by atoms with Crippen LogP contribution < -0.4 is 15.5 Å². The number of amides is 2. The van der Waals surface area contributed by atoms with E-state index in [2.05, 4.69) is 10.6 Å². The first kappa shape index (κ1) is 22.3. The van der Waals surface area contributed by atoms with Crippen molar-refractivity contribution in [2.45, 2.75) is 40.7 Å². The number of hydrogen-bond acceptors (Lipinski definition) is 3. The highest BCUT2D eigenvalue weighted by Crippen LogP contribution is 2.21. The normalized spacial score (nSPS) is 12.8. The van der Waals surface area contributed by atoms with Gasteiger partial charge in [-0.05, 0) is 57.9 Å². The molecule has 2 rings (SSSR count). The van der Waals surface area contributed by atoms with Crippen LogP contribution in [0.25, 0.3) is 0 Å². The molecule has 6 heteroatoms. The highest BCUT2D eigenvalue weighted by atomic mass is 16.2. The van der Waals surface area contributed by atoms with Gasteiger partial charge in [0, 0.05) is 16.9 Å². The molecule has 0 fully saturated rings. The molecular weight excluding hydrogens is 366 g/mol. The number of hydrogen-bond donors (Lipinski definition) is 3. The quantitative estimate of drug-likeness (QED) is 0.629. The van der Waals surface area contributed by atoms with Crippen molar-refractivity contribution in [1.29, 1.82) is 0 Å².